The van der Waals surface area contributed by atoms with Crippen LogP contribution in [0.25, 0.3) is 0 Å². The molecule has 0 aromatic heterocycles. The van der Waals surface area contributed by atoms with E-state index in [1.165, 1.54) is 0 Å². The zero-order valence-electron chi connectivity index (χ0n) is 4.47. The number of nitrogens with zero attached hydrogens (tertiary/aromatic N) is 1. The third kappa shape index (κ3) is 0.904. The van der Waals surface area contributed by atoms with Gasteiger partial charge < -0.3 is 0 Å². The number of carbonyl (C=O) groups excluding carboxylic acids is 1. The molecule has 0 saturated carbocycles. The fourth-order valence-corrected chi connectivity index (χ4v) is 0.916. The van der Waals surface area contributed by atoms with Crippen molar-refractivity contribution >= 4 is 26.1 Å². The van der Waals surface area contributed by atoms with Crippen LogP contribution in [0.1, 0.15) is 0 Å². The number of rotatable bonds is 0. The van der Waals surface area contributed by atoms with Crippen LogP contribution in [0.4, 0.5) is 0 Å². The van der Waals surface area contributed by atoms with Crippen molar-refractivity contribution in [3.8, 4) is 0 Å². The maximum atomic E-state index is 10.5. The third-order valence-electron chi connectivity index (χ3n) is 0.974. The molecule has 3 nitrogen and oxygen atoms in total. The fourth-order valence-electron chi connectivity index (χ4n) is 0.541. The molecule has 1 saturated heterocycles. The minimum absolute atomic E-state index is 0.0567. The molecule has 0 radical (unpaired) electrons. The van der Waals surface area contributed by atoms with Gasteiger partial charge in [-0.2, -0.15) is 0 Å². The van der Waals surface area contributed by atoms with Crippen LogP contribution in [-0.4, -0.2) is 44.6 Å². The van der Waals surface area contributed by atoms with Crippen LogP contribution in [0.3, 0.4) is 0 Å². The van der Waals surface area contributed by atoms with Crippen molar-refractivity contribution in [3.63, 3.8) is 0 Å². The van der Waals surface area contributed by atoms with E-state index in [4.69, 9.17) is 0 Å². The van der Waals surface area contributed by atoms with Gasteiger partial charge in [0.25, 0.3) is 0 Å². The summed E-state index contributed by atoms with van der Waals surface area (Å²) in [6, 6.07) is 0. The summed E-state index contributed by atoms with van der Waals surface area (Å²) < 4.78 is 0.815. The number of carbonyl (C=O) groups is 1. The Bertz CT molecular complexity index is 145. The van der Waals surface area contributed by atoms with Crippen molar-refractivity contribution in [2.24, 2.45) is 0 Å². The summed E-state index contributed by atoms with van der Waals surface area (Å²) in [6.45, 7) is 0.475. The molecule has 4 heteroatoms. The number of hydrogen-bond donors (Lipinski definition) is 1. The van der Waals surface area contributed by atoms with Gasteiger partial charge in [-0.1, -0.05) is 0 Å². The summed E-state index contributed by atoms with van der Waals surface area (Å²) in [5.41, 5.74) is 0. The summed E-state index contributed by atoms with van der Waals surface area (Å²) in [4.78, 5) is 12.3. The van der Waals surface area contributed by atoms with E-state index in [0.717, 1.165) is 4.67 Å². The van der Waals surface area contributed by atoms with Crippen molar-refractivity contribution in [2.75, 3.05) is 13.6 Å². The topological polar surface area (TPSA) is 32.3 Å². The van der Waals surface area contributed by atoms with E-state index in [1.54, 1.807) is 0 Å². The average molecular weight is 177 g/mol. The summed E-state index contributed by atoms with van der Waals surface area (Å²) in [5.74, 6) is 0.0567. The Morgan fingerprint density at radius 1 is 1.88 bits per heavy atom. The SMILES string of the molecule is CN1CC(=O)NC1=[Se]. The van der Waals surface area contributed by atoms with Gasteiger partial charge in [0.15, 0.2) is 0 Å². The van der Waals surface area contributed by atoms with E-state index in [1.807, 2.05) is 11.9 Å². The second-order valence-corrected chi connectivity index (χ2v) is 2.52. The monoisotopic (exact) mass is 178 g/mol. The van der Waals surface area contributed by atoms with E-state index in [-0.39, 0.29) is 5.91 Å². The van der Waals surface area contributed by atoms with Gasteiger partial charge in [0.2, 0.25) is 0 Å². The van der Waals surface area contributed by atoms with Crippen LogP contribution in [0.2, 0.25) is 0 Å². The first-order valence-electron chi connectivity index (χ1n) is 2.25. The molecule has 0 spiro atoms. The Balaban J connectivity index is 2.64. The summed E-state index contributed by atoms with van der Waals surface area (Å²) in [6.07, 6.45) is 0. The molecule has 1 aliphatic heterocycles. The van der Waals surface area contributed by atoms with Gasteiger partial charge in [0.1, 0.15) is 0 Å². The van der Waals surface area contributed by atoms with Gasteiger partial charge in [0.05, 0.1) is 0 Å². The molecule has 0 aliphatic carbocycles. The van der Waals surface area contributed by atoms with Gasteiger partial charge in [-0.05, 0) is 0 Å². The second kappa shape index (κ2) is 1.88. The molecular formula is C4H6N2OSe. The van der Waals surface area contributed by atoms with Crippen LogP contribution in [-0.2, 0) is 4.79 Å². The maximum absolute atomic E-state index is 10.5. The standard InChI is InChI=1S/C4H6N2OSe/c1-6-2-3(7)5-4(6)8/h2H2,1H3,(H,5,7,8). The molecule has 44 valence electrons. The first kappa shape index (κ1) is 5.79. The van der Waals surface area contributed by atoms with Gasteiger partial charge in [0, 0.05) is 0 Å². The van der Waals surface area contributed by atoms with Gasteiger partial charge in [-0.15, -0.1) is 0 Å². The summed E-state index contributed by atoms with van der Waals surface area (Å²) in [5, 5.41) is 2.61. The Morgan fingerprint density at radius 2 is 2.50 bits per heavy atom. The Hall–Kier alpha value is -0.341. The molecule has 0 aromatic rings. The first-order chi connectivity index (χ1) is 3.70. The number of likely N-dealkylation sites (N-methyl/N-ethyl adjacent to an activating group) is 1. The van der Waals surface area contributed by atoms with Crippen molar-refractivity contribution in [2.45, 2.75) is 0 Å². The zero-order chi connectivity index (χ0) is 6.15. The molecule has 8 heavy (non-hydrogen) atoms. The minimum atomic E-state index is 0.0567. The second-order valence-electron chi connectivity index (χ2n) is 1.71. The predicted molar refractivity (Wildman–Crippen MR) is 31.5 cm³/mol. The van der Waals surface area contributed by atoms with E-state index >= 15 is 0 Å². The molecule has 1 rings (SSSR count). The van der Waals surface area contributed by atoms with Gasteiger partial charge in [-0.3, -0.25) is 0 Å². The quantitative estimate of drug-likeness (QED) is 0.447. The van der Waals surface area contributed by atoms with Crippen molar-refractivity contribution < 1.29 is 4.79 Å². The van der Waals surface area contributed by atoms with Gasteiger partial charge >= 0.3 is 54.8 Å². The van der Waals surface area contributed by atoms with E-state index in [0.29, 0.717) is 6.54 Å². The number of nitrogens with one attached hydrogen (secondary N) is 1. The molecule has 1 aliphatic rings. The average Bonchev–Trinajstić information content (AvgIpc) is 1.85. The van der Waals surface area contributed by atoms with Crippen LogP contribution in [0, 0.1) is 0 Å². The molecule has 0 aromatic carbocycles. The third-order valence-corrected chi connectivity index (χ3v) is 1.84. The molecule has 0 atom stereocenters. The van der Waals surface area contributed by atoms with Crippen molar-refractivity contribution in [1.82, 2.24) is 10.2 Å². The first-order valence-corrected chi connectivity index (χ1v) is 3.11. The molecule has 1 heterocycles. The van der Waals surface area contributed by atoms with Crippen LogP contribution >= 0.6 is 0 Å². The summed E-state index contributed by atoms with van der Waals surface area (Å²) in [7, 11) is 1.85. The Kier molecular flexibility index (Phi) is 1.36. The molecule has 0 unspecified atom stereocenters. The van der Waals surface area contributed by atoms with Crippen LogP contribution in [0.15, 0.2) is 0 Å². The Labute approximate surface area is 55.4 Å². The molecular weight excluding hydrogens is 171 g/mol. The van der Waals surface area contributed by atoms with Crippen LogP contribution in [0.5, 0.6) is 0 Å². The summed E-state index contributed by atoms with van der Waals surface area (Å²) >= 11 is 2.73. The molecule has 1 amide bonds. The van der Waals surface area contributed by atoms with Crippen molar-refractivity contribution in [1.29, 1.82) is 0 Å². The molecule has 0 bridgehead atoms. The molecule has 1 N–H and O–H groups in total. The Morgan fingerprint density at radius 3 is 2.62 bits per heavy atom. The van der Waals surface area contributed by atoms with Crippen molar-refractivity contribution in [3.05, 3.63) is 0 Å². The van der Waals surface area contributed by atoms with Crippen LogP contribution < -0.4 is 5.32 Å². The normalized spacial score (nSPS) is 19.4. The number of hydrogen-bond acceptors (Lipinski definition) is 2. The fraction of sp³-hybridized carbons (Fsp3) is 0.500. The van der Waals surface area contributed by atoms with E-state index < -0.39 is 0 Å². The molecule has 1 fully saturated rings. The zero-order valence-corrected chi connectivity index (χ0v) is 6.18. The number of amides is 1. The predicted octanol–water partition coefficient (Wildman–Crippen LogP) is -1.70. The van der Waals surface area contributed by atoms with Gasteiger partial charge in [-0.25, -0.2) is 0 Å². The van der Waals surface area contributed by atoms with E-state index in [2.05, 4.69) is 20.9 Å². The van der Waals surface area contributed by atoms with E-state index in [9.17, 15) is 4.79 Å².